The predicted molar refractivity (Wildman–Crippen MR) is 71.8 cm³/mol. The van der Waals surface area contributed by atoms with Crippen LogP contribution in [0, 0.1) is 0 Å². The average Bonchev–Trinajstić information content (AvgIpc) is 2.30. The summed E-state index contributed by atoms with van der Waals surface area (Å²) >= 11 is 5.06. The summed E-state index contributed by atoms with van der Waals surface area (Å²) < 4.78 is 5.22. The highest BCUT2D eigenvalue weighted by Gasteiger charge is 2.02. The van der Waals surface area contributed by atoms with Gasteiger partial charge in [-0.05, 0) is 30.6 Å². The number of hydrogen-bond donors (Lipinski definition) is 1. The molecule has 0 aromatic heterocycles. The Kier molecular flexibility index (Phi) is 3.37. The molecule has 0 aliphatic heterocycles. The molecule has 0 bridgehead atoms. The summed E-state index contributed by atoms with van der Waals surface area (Å²) in [6.07, 6.45) is 0. The first-order valence-electron chi connectivity index (χ1n) is 5.23. The Morgan fingerprint density at radius 2 is 1.94 bits per heavy atom. The Balaban J connectivity index is 2.33. The van der Waals surface area contributed by atoms with Crippen molar-refractivity contribution in [3.05, 3.63) is 42.5 Å². The van der Waals surface area contributed by atoms with Crippen LogP contribution >= 0.6 is 12.2 Å². The molecule has 0 atom stereocenters. The minimum atomic E-state index is 0.416. The van der Waals surface area contributed by atoms with Gasteiger partial charge in [0.2, 0.25) is 0 Å². The molecular formula is C13H13NOS. The van der Waals surface area contributed by atoms with Gasteiger partial charge in [0.1, 0.15) is 0 Å². The van der Waals surface area contributed by atoms with Crippen molar-refractivity contribution in [1.82, 2.24) is 0 Å². The standard InChI is InChI=1S/C13H13NOS/c1-2-15-13(16)14-12-9-5-7-10-6-3-4-8-11(10)12/h3-9H,2H2,1H3,(H,14,16). The van der Waals surface area contributed by atoms with Gasteiger partial charge in [-0.25, -0.2) is 0 Å². The number of hydrogen-bond acceptors (Lipinski definition) is 2. The van der Waals surface area contributed by atoms with Gasteiger partial charge in [0, 0.05) is 11.1 Å². The molecule has 16 heavy (non-hydrogen) atoms. The van der Waals surface area contributed by atoms with Gasteiger partial charge in [-0.3, -0.25) is 0 Å². The zero-order chi connectivity index (χ0) is 11.4. The highest BCUT2D eigenvalue weighted by molar-refractivity contribution is 7.80. The van der Waals surface area contributed by atoms with Crippen LogP contribution < -0.4 is 5.32 Å². The largest absolute Gasteiger partial charge is 0.471 e. The summed E-state index contributed by atoms with van der Waals surface area (Å²) in [4.78, 5) is 0. The summed E-state index contributed by atoms with van der Waals surface area (Å²) in [6, 6.07) is 14.2. The molecule has 0 unspecified atom stereocenters. The van der Waals surface area contributed by atoms with Gasteiger partial charge in [-0.1, -0.05) is 36.4 Å². The number of anilines is 1. The molecule has 82 valence electrons. The van der Waals surface area contributed by atoms with Crippen LogP contribution in [0.15, 0.2) is 42.5 Å². The molecule has 0 heterocycles. The van der Waals surface area contributed by atoms with Crippen LogP contribution in [-0.4, -0.2) is 11.8 Å². The molecule has 0 aliphatic rings. The molecule has 0 aliphatic carbocycles. The van der Waals surface area contributed by atoms with Crippen molar-refractivity contribution in [1.29, 1.82) is 0 Å². The van der Waals surface area contributed by atoms with E-state index in [1.54, 1.807) is 0 Å². The van der Waals surface area contributed by atoms with Gasteiger partial charge in [0.15, 0.2) is 0 Å². The number of nitrogens with one attached hydrogen (secondary N) is 1. The Bertz CT molecular complexity index is 505. The van der Waals surface area contributed by atoms with Gasteiger partial charge < -0.3 is 10.1 Å². The Labute approximate surface area is 100 Å². The third-order valence-electron chi connectivity index (χ3n) is 2.30. The van der Waals surface area contributed by atoms with E-state index < -0.39 is 0 Å². The van der Waals surface area contributed by atoms with Crippen LogP contribution in [-0.2, 0) is 4.74 Å². The van der Waals surface area contributed by atoms with E-state index >= 15 is 0 Å². The second kappa shape index (κ2) is 4.94. The zero-order valence-electron chi connectivity index (χ0n) is 9.07. The summed E-state index contributed by atoms with van der Waals surface area (Å²) in [5.41, 5.74) is 0.983. The molecule has 0 fully saturated rings. The maximum Gasteiger partial charge on any atom is 0.261 e. The van der Waals surface area contributed by atoms with E-state index in [1.807, 2.05) is 31.2 Å². The third kappa shape index (κ3) is 2.31. The fraction of sp³-hybridized carbons (Fsp3) is 0.154. The van der Waals surface area contributed by atoms with Gasteiger partial charge in [-0.15, -0.1) is 0 Å². The number of thiocarbonyl (C=S) groups is 1. The molecule has 0 saturated heterocycles. The van der Waals surface area contributed by atoms with Crippen molar-refractivity contribution in [3.8, 4) is 0 Å². The minimum Gasteiger partial charge on any atom is -0.471 e. The Morgan fingerprint density at radius 1 is 1.19 bits per heavy atom. The first-order valence-corrected chi connectivity index (χ1v) is 5.63. The van der Waals surface area contributed by atoms with E-state index in [0.29, 0.717) is 11.8 Å². The predicted octanol–water partition coefficient (Wildman–Crippen LogP) is 3.57. The first kappa shape index (κ1) is 10.9. The molecular weight excluding hydrogens is 218 g/mol. The lowest BCUT2D eigenvalue weighted by molar-refractivity contribution is 0.335. The molecule has 0 radical (unpaired) electrons. The third-order valence-corrected chi connectivity index (χ3v) is 2.52. The summed E-state index contributed by atoms with van der Waals surface area (Å²) in [5.74, 6) is 0. The summed E-state index contributed by atoms with van der Waals surface area (Å²) in [6.45, 7) is 2.49. The van der Waals surface area contributed by atoms with Crippen molar-refractivity contribution in [3.63, 3.8) is 0 Å². The van der Waals surface area contributed by atoms with Gasteiger partial charge in [-0.2, -0.15) is 0 Å². The van der Waals surface area contributed by atoms with Crippen LogP contribution in [0.3, 0.4) is 0 Å². The maximum atomic E-state index is 5.22. The zero-order valence-corrected chi connectivity index (χ0v) is 9.88. The molecule has 1 N–H and O–H groups in total. The Hall–Kier alpha value is -1.61. The second-order valence-electron chi connectivity index (χ2n) is 3.37. The van der Waals surface area contributed by atoms with Crippen LogP contribution in [0.4, 0.5) is 5.69 Å². The highest BCUT2D eigenvalue weighted by Crippen LogP contribution is 2.22. The van der Waals surface area contributed by atoms with E-state index in [-0.39, 0.29) is 0 Å². The fourth-order valence-corrected chi connectivity index (χ4v) is 1.84. The number of benzene rings is 2. The number of ether oxygens (including phenoxy) is 1. The van der Waals surface area contributed by atoms with Crippen molar-refractivity contribution < 1.29 is 4.74 Å². The molecule has 0 spiro atoms. The van der Waals surface area contributed by atoms with E-state index in [2.05, 4.69) is 23.5 Å². The average molecular weight is 231 g/mol. The number of rotatable bonds is 2. The van der Waals surface area contributed by atoms with E-state index in [4.69, 9.17) is 17.0 Å². The quantitative estimate of drug-likeness (QED) is 0.798. The van der Waals surface area contributed by atoms with E-state index in [9.17, 15) is 0 Å². The van der Waals surface area contributed by atoms with Crippen LogP contribution in [0.1, 0.15) is 6.92 Å². The van der Waals surface area contributed by atoms with E-state index in [0.717, 1.165) is 11.1 Å². The normalized spacial score (nSPS) is 10.1. The van der Waals surface area contributed by atoms with Gasteiger partial charge >= 0.3 is 0 Å². The monoisotopic (exact) mass is 231 g/mol. The van der Waals surface area contributed by atoms with Gasteiger partial charge in [0.05, 0.1) is 6.61 Å². The highest BCUT2D eigenvalue weighted by atomic mass is 32.1. The number of fused-ring (bicyclic) bond motifs is 1. The minimum absolute atomic E-state index is 0.416. The van der Waals surface area contributed by atoms with Crippen LogP contribution in [0.25, 0.3) is 10.8 Å². The molecule has 2 rings (SSSR count). The molecule has 2 nitrogen and oxygen atoms in total. The lowest BCUT2D eigenvalue weighted by Crippen LogP contribution is -2.13. The van der Waals surface area contributed by atoms with Crippen molar-refractivity contribution in [2.45, 2.75) is 6.92 Å². The molecule has 2 aromatic carbocycles. The lowest BCUT2D eigenvalue weighted by Gasteiger charge is -2.10. The SMILES string of the molecule is CCOC(=S)Nc1cccc2ccccc12. The summed E-state index contributed by atoms with van der Waals surface area (Å²) in [5, 5.41) is 5.84. The first-order chi connectivity index (χ1) is 7.81. The van der Waals surface area contributed by atoms with E-state index in [1.165, 1.54) is 5.39 Å². The lowest BCUT2D eigenvalue weighted by atomic mass is 10.1. The van der Waals surface area contributed by atoms with Crippen molar-refractivity contribution >= 4 is 33.9 Å². The molecule has 0 amide bonds. The second-order valence-corrected chi connectivity index (χ2v) is 3.74. The Morgan fingerprint density at radius 3 is 2.75 bits per heavy atom. The maximum absolute atomic E-state index is 5.22. The van der Waals surface area contributed by atoms with Crippen LogP contribution in [0.2, 0.25) is 0 Å². The van der Waals surface area contributed by atoms with Gasteiger partial charge in [0.25, 0.3) is 5.17 Å². The molecule has 3 heteroatoms. The van der Waals surface area contributed by atoms with Crippen molar-refractivity contribution in [2.75, 3.05) is 11.9 Å². The molecule has 2 aromatic rings. The van der Waals surface area contributed by atoms with Crippen LogP contribution in [0.5, 0.6) is 0 Å². The fourth-order valence-electron chi connectivity index (χ4n) is 1.61. The topological polar surface area (TPSA) is 21.3 Å². The summed E-state index contributed by atoms with van der Waals surface area (Å²) in [7, 11) is 0. The molecule has 0 saturated carbocycles. The van der Waals surface area contributed by atoms with Crippen molar-refractivity contribution in [2.24, 2.45) is 0 Å². The smallest absolute Gasteiger partial charge is 0.261 e.